The van der Waals surface area contributed by atoms with Crippen LogP contribution in [-0.2, 0) is 0 Å². The third kappa shape index (κ3) is 4.29. The van der Waals surface area contributed by atoms with Crippen molar-refractivity contribution in [2.24, 2.45) is 0 Å². The van der Waals surface area contributed by atoms with Crippen LogP contribution in [0.15, 0.2) is 12.7 Å². The third-order valence-electron chi connectivity index (χ3n) is 0.869. The smallest absolute Gasteiger partial charge is 0.0153 e. The van der Waals surface area contributed by atoms with E-state index in [0.29, 0.717) is 0 Å². The van der Waals surface area contributed by atoms with Gasteiger partial charge < -0.3 is 5.32 Å². The molecule has 0 aromatic heterocycles. The van der Waals surface area contributed by atoms with E-state index in [1.807, 2.05) is 13.1 Å². The van der Waals surface area contributed by atoms with Crippen LogP contribution >= 0.6 is 7.92 Å². The summed E-state index contributed by atoms with van der Waals surface area (Å²) in [5, 5.41) is 3.13. The van der Waals surface area contributed by atoms with Crippen LogP contribution in [0.5, 0.6) is 0 Å². The van der Waals surface area contributed by atoms with Crippen molar-refractivity contribution in [2.45, 2.75) is 0 Å². The summed E-state index contributed by atoms with van der Waals surface area (Å²) in [5.74, 6) is 0. The molecule has 0 aliphatic heterocycles. The summed E-state index contributed by atoms with van der Waals surface area (Å²) in [4.78, 5) is 0. The Morgan fingerprint density at radius 3 is 2.75 bits per heavy atom. The molecule has 0 aromatic rings. The summed E-state index contributed by atoms with van der Waals surface area (Å²) in [5.41, 5.74) is 0. The Kier molecular flexibility index (Phi) is 5.36. The van der Waals surface area contributed by atoms with Crippen LogP contribution in [0.25, 0.3) is 0 Å². The fourth-order valence-electron chi connectivity index (χ4n) is 0.555. The average molecular weight is 131 g/mol. The molecule has 48 valence electrons. The highest BCUT2D eigenvalue weighted by Crippen LogP contribution is 2.27. The Morgan fingerprint density at radius 1 is 1.75 bits per heavy atom. The third-order valence-corrected chi connectivity index (χ3v) is 2.61. The minimum atomic E-state index is 0.190. The molecule has 1 unspecified atom stereocenters. The van der Waals surface area contributed by atoms with E-state index in [1.165, 1.54) is 6.16 Å². The minimum Gasteiger partial charge on any atom is -0.316 e. The van der Waals surface area contributed by atoms with Crippen LogP contribution < -0.4 is 5.32 Å². The summed E-state index contributed by atoms with van der Waals surface area (Å²) < 4.78 is 0. The zero-order valence-electron chi connectivity index (χ0n) is 5.65. The van der Waals surface area contributed by atoms with Gasteiger partial charge in [0.25, 0.3) is 0 Å². The lowest BCUT2D eigenvalue weighted by molar-refractivity contribution is 0.973. The molecule has 2 heteroatoms. The molecule has 0 heterocycles. The second-order valence-electron chi connectivity index (χ2n) is 1.84. The van der Waals surface area contributed by atoms with Gasteiger partial charge >= 0.3 is 0 Å². The van der Waals surface area contributed by atoms with E-state index in [0.717, 1.165) is 6.29 Å². The first-order chi connectivity index (χ1) is 3.81. The SMILES string of the molecule is C=CCP(C)CNC. The van der Waals surface area contributed by atoms with Crippen molar-refractivity contribution in [3.05, 3.63) is 12.7 Å². The topological polar surface area (TPSA) is 12.0 Å². The molecule has 0 amide bonds. The highest BCUT2D eigenvalue weighted by atomic mass is 31.1. The van der Waals surface area contributed by atoms with Crippen LogP contribution in [0.1, 0.15) is 0 Å². The minimum absolute atomic E-state index is 0.190. The van der Waals surface area contributed by atoms with Crippen LogP contribution in [0.2, 0.25) is 0 Å². The van der Waals surface area contributed by atoms with E-state index in [2.05, 4.69) is 18.6 Å². The van der Waals surface area contributed by atoms with Crippen molar-refractivity contribution in [1.29, 1.82) is 0 Å². The van der Waals surface area contributed by atoms with Crippen LogP contribution in [0.3, 0.4) is 0 Å². The van der Waals surface area contributed by atoms with Gasteiger partial charge in [-0.15, -0.1) is 6.58 Å². The molecule has 0 saturated heterocycles. The van der Waals surface area contributed by atoms with Crippen LogP contribution in [0, 0.1) is 0 Å². The number of nitrogens with one attached hydrogen (secondary N) is 1. The molecular weight excluding hydrogens is 117 g/mol. The number of rotatable bonds is 4. The molecule has 8 heavy (non-hydrogen) atoms. The van der Waals surface area contributed by atoms with E-state index < -0.39 is 0 Å². The summed E-state index contributed by atoms with van der Waals surface area (Å²) in [7, 11) is 2.18. The quantitative estimate of drug-likeness (QED) is 0.450. The predicted molar refractivity (Wildman–Crippen MR) is 41.8 cm³/mol. The maximum absolute atomic E-state index is 3.67. The van der Waals surface area contributed by atoms with Crippen molar-refractivity contribution in [2.75, 3.05) is 26.2 Å². The zero-order valence-corrected chi connectivity index (χ0v) is 6.54. The standard InChI is InChI=1S/C6H14NP/c1-4-5-8(3)6-7-2/h4,7H,1,5-6H2,2-3H3. The first-order valence-electron chi connectivity index (χ1n) is 2.75. The van der Waals surface area contributed by atoms with E-state index in [4.69, 9.17) is 0 Å². The van der Waals surface area contributed by atoms with Gasteiger partial charge in [-0.25, -0.2) is 0 Å². The molecule has 0 bridgehead atoms. The first kappa shape index (κ1) is 8.13. The molecule has 0 spiro atoms. The van der Waals surface area contributed by atoms with E-state index >= 15 is 0 Å². The van der Waals surface area contributed by atoms with Crippen LogP contribution in [0.4, 0.5) is 0 Å². The summed E-state index contributed by atoms with van der Waals surface area (Å²) in [6, 6.07) is 0. The van der Waals surface area contributed by atoms with Crippen molar-refractivity contribution < 1.29 is 0 Å². The average Bonchev–Trinajstić information content (AvgIpc) is 1.68. The Morgan fingerprint density at radius 2 is 2.38 bits per heavy atom. The van der Waals surface area contributed by atoms with Gasteiger partial charge in [-0.2, -0.15) is 0 Å². The lowest BCUT2D eigenvalue weighted by Crippen LogP contribution is -2.05. The van der Waals surface area contributed by atoms with Crippen molar-refractivity contribution in [1.82, 2.24) is 5.32 Å². The normalized spacial score (nSPS) is 13.2. The van der Waals surface area contributed by atoms with Gasteiger partial charge in [-0.05, 0) is 19.9 Å². The fourth-order valence-corrected chi connectivity index (χ4v) is 1.66. The lowest BCUT2D eigenvalue weighted by atomic mass is 10.8. The summed E-state index contributed by atoms with van der Waals surface area (Å²) in [6.07, 6.45) is 4.32. The molecule has 1 N–H and O–H groups in total. The maximum atomic E-state index is 3.67. The maximum Gasteiger partial charge on any atom is 0.0153 e. The molecule has 0 radical (unpaired) electrons. The first-order valence-corrected chi connectivity index (χ1v) is 4.91. The van der Waals surface area contributed by atoms with Gasteiger partial charge in [0.1, 0.15) is 0 Å². The van der Waals surface area contributed by atoms with Crippen molar-refractivity contribution >= 4 is 7.92 Å². The second kappa shape index (κ2) is 5.27. The van der Waals surface area contributed by atoms with E-state index in [1.54, 1.807) is 0 Å². The monoisotopic (exact) mass is 131 g/mol. The molecule has 0 fully saturated rings. The molecule has 1 atom stereocenters. The highest BCUT2D eigenvalue weighted by Gasteiger charge is 1.92. The Labute approximate surface area is 52.9 Å². The number of hydrogen-bond donors (Lipinski definition) is 1. The predicted octanol–water partition coefficient (Wildman–Crippen LogP) is 1.46. The molecule has 0 aromatic carbocycles. The van der Waals surface area contributed by atoms with Gasteiger partial charge in [-0.3, -0.25) is 0 Å². The van der Waals surface area contributed by atoms with Gasteiger partial charge in [0.2, 0.25) is 0 Å². The fraction of sp³-hybridized carbons (Fsp3) is 0.667. The number of hydrogen-bond acceptors (Lipinski definition) is 1. The molecule has 0 aliphatic rings. The Hall–Kier alpha value is 0.130. The molecule has 0 saturated carbocycles. The van der Waals surface area contributed by atoms with Gasteiger partial charge in [0.05, 0.1) is 0 Å². The summed E-state index contributed by atoms with van der Waals surface area (Å²) in [6.45, 7) is 5.94. The lowest BCUT2D eigenvalue weighted by Gasteiger charge is -2.06. The number of allylic oxidation sites excluding steroid dienone is 1. The van der Waals surface area contributed by atoms with E-state index in [9.17, 15) is 0 Å². The second-order valence-corrected chi connectivity index (χ2v) is 4.23. The van der Waals surface area contributed by atoms with Crippen molar-refractivity contribution in [3.63, 3.8) is 0 Å². The molecule has 0 aliphatic carbocycles. The highest BCUT2D eigenvalue weighted by molar-refractivity contribution is 7.56. The zero-order chi connectivity index (χ0) is 6.41. The largest absolute Gasteiger partial charge is 0.316 e. The Balaban J connectivity index is 3.03. The molecular formula is C6H14NP. The van der Waals surface area contributed by atoms with Gasteiger partial charge in [0, 0.05) is 6.29 Å². The van der Waals surface area contributed by atoms with Crippen molar-refractivity contribution in [3.8, 4) is 0 Å². The Bertz CT molecular complexity index is 63.5. The van der Waals surface area contributed by atoms with Gasteiger partial charge in [-0.1, -0.05) is 14.0 Å². The van der Waals surface area contributed by atoms with E-state index in [-0.39, 0.29) is 7.92 Å². The van der Waals surface area contributed by atoms with Gasteiger partial charge in [0.15, 0.2) is 0 Å². The molecule has 1 nitrogen and oxygen atoms in total. The van der Waals surface area contributed by atoms with Crippen LogP contribution in [-0.4, -0.2) is 26.2 Å². The molecule has 0 rings (SSSR count). The summed E-state index contributed by atoms with van der Waals surface area (Å²) >= 11 is 0.